The van der Waals surface area contributed by atoms with E-state index in [1.54, 1.807) is 19.1 Å². The molecule has 7 nitrogen and oxygen atoms in total. The van der Waals surface area contributed by atoms with Crippen LogP contribution in [-0.4, -0.2) is 27.6 Å². The van der Waals surface area contributed by atoms with Gasteiger partial charge in [-0.2, -0.15) is 13.2 Å². The van der Waals surface area contributed by atoms with Gasteiger partial charge < -0.3 is 19.6 Å². The first-order valence-electron chi connectivity index (χ1n) is 15.1. The third-order valence-corrected chi connectivity index (χ3v) is 8.61. The van der Waals surface area contributed by atoms with E-state index in [2.05, 4.69) is 15.3 Å². The first-order valence-corrected chi connectivity index (χ1v) is 15.9. The van der Waals surface area contributed by atoms with Crippen molar-refractivity contribution in [3.63, 3.8) is 0 Å². The number of anilines is 1. The standard InChI is InChI=1S/C36H34F3N3O4S/c1-4-8-28(43)17-13-24-14-18-29(45-20-19-30-23(3)46-34(42-30)25-9-6-5-7-10-25)21-31(24)41-33(44)32-22(2)40-35(47-32)26-11-15-27(16-12-26)36(37,38)39/h5-12,14-16,18,21,43H,4,13,17,19-20H2,1-3H3,(H,41,44)/b28-8+. The third-order valence-electron chi connectivity index (χ3n) is 7.40. The van der Waals surface area contributed by atoms with Crippen molar-refractivity contribution in [2.45, 2.75) is 52.6 Å². The SMILES string of the molecule is CC/C=C(/O)CCc1ccc(OCCc2nc(-c3ccccc3)oc2C)cc1NC(=O)c1sc(-c2ccc(C(F)(F)F)cc2)nc1C. The number of thiazole rings is 1. The number of carbonyl (C=O) groups is 1. The molecular weight excluding hydrogens is 627 g/mol. The molecule has 0 atom stereocenters. The highest BCUT2D eigenvalue weighted by molar-refractivity contribution is 7.17. The summed E-state index contributed by atoms with van der Waals surface area (Å²) in [5, 5.41) is 13.6. The Balaban J connectivity index is 1.32. The number of alkyl halides is 3. The first-order chi connectivity index (χ1) is 22.5. The minimum Gasteiger partial charge on any atom is -0.513 e. The molecule has 0 saturated heterocycles. The molecular formula is C36H34F3N3O4S. The lowest BCUT2D eigenvalue weighted by atomic mass is 10.1. The van der Waals surface area contributed by atoms with Crippen LogP contribution in [-0.2, 0) is 19.0 Å². The summed E-state index contributed by atoms with van der Waals surface area (Å²) in [6.45, 7) is 5.80. The number of nitrogens with one attached hydrogen (secondary N) is 1. The number of oxazole rings is 1. The summed E-state index contributed by atoms with van der Waals surface area (Å²) >= 11 is 1.10. The topological polar surface area (TPSA) is 97.5 Å². The lowest BCUT2D eigenvalue weighted by molar-refractivity contribution is -0.137. The second kappa shape index (κ2) is 14.7. The predicted molar refractivity (Wildman–Crippen MR) is 177 cm³/mol. The van der Waals surface area contributed by atoms with Crippen molar-refractivity contribution >= 4 is 22.9 Å². The monoisotopic (exact) mass is 661 g/mol. The van der Waals surface area contributed by atoms with Crippen LogP contribution in [0.4, 0.5) is 18.9 Å². The van der Waals surface area contributed by atoms with Crippen molar-refractivity contribution in [3.8, 4) is 27.8 Å². The van der Waals surface area contributed by atoms with Gasteiger partial charge in [-0.05, 0) is 68.7 Å². The van der Waals surface area contributed by atoms with Crippen LogP contribution in [0.1, 0.15) is 57.7 Å². The van der Waals surface area contributed by atoms with Gasteiger partial charge in [0.2, 0.25) is 5.89 Å². The van der Waals surface area contributed by atoms with Gasteiger partial charge in [0.1, 0.15) is 21.4 Å². The van der Waals surface area contributed by atoms with Gasteiger partial charge in [0.05, 0.1) is 29.3 Å². The van der Waals surface area contributed by atoms with Crippen LogP contribution in [0.25, 0.3) is 22.0 Å². The van der Waals surface area contributed by atoms with E-state index >= 15 is 0 Å². The molecule has 1 amide bonds. The lowest BCUT2D eigenvalue weighted by Crippen LogP contribution is -2.13. The number of ether oxygens (including phenoxy) is 1. The fraction of sp³-hybridized carbons (Fsp3) is 0.250. The molecule has 244 valence electrons. The zero-order valence-corrected chi connectivity index (χ0v) is 27.0. The Labute approximate surface area is 274 Å². The molecule has 47 heavy (non-hydrogen) atoms. The molecule has 11 heteroatoms. The maximum Gasteiger partial charge on any atom is 0.416 e. The molecule has 0 aliphatic heterocycles. The molecule has 5 aromatic rings. The van der Waals surface area contributed by atoms with Crippen molar-refractivity contribution in [2.75, 3.05) is 11.9 Å². The van der Waals surface area contributed by atoms with Crippen LogP contribution in [0.5, 0.6) is 5.75 Å². The molecule has 0 bridgehead atoms. The van der Waals surface area contributed by atoms with Crippen molar-refractivity contribution in [1.82, 2.24) is 9.97 Å². The average Bonchev–Trinajstić information content (AvgIpc) is 3.63. The second-order valence-electron chi connectivity index (χ2n) is 10.9. The Morgan fingerprint density at radius 3 is 2.45 bits per heavy atom. The number of aliphatic hydroxyl groups is 1. The summed E-state index contributed by atoms with van der Waals surface area (Å²) in [6, 6.07) is 19.8. The number of hydrogen-bond donors (Lipinski definition) is 2. The van der Waals surface area contributed by atoms with Crippen molar-refractivity contribution in [2.24, 2.45) is 0 Å². The maximum atomic E-state index is 13.5. The Bertz CT molecular complexity index is 1860. The summed E-state index contributed by atoms with van der Waals surface area (Å²) in [6.07, 6.45) is -0.627. The number of aromatic nitrogens is 2. The fourth-order valence-corrected chi connectivity index (χ4v) is 5.89. The number of aryl methyl sites for hydroxylation is 3. The van der Waals surface area contributed by atoms with E-state index < -0.39 is 17.6 Å². The van der Waals surface area contributed by atoms with Gasteiger partial charge in [0.25, 0.3) is 5.91 Å². The van der Waals surface area contributed by atoms with E-state index in [9.17, 15) is 23.1 Å². The minimum absolute atomic E-state index is 0.266. The molecule has 0 aliphatic rings. The zero-order valence-electron chi connectivity index (χ0n) is 26.1. The van der Waals surface area contributed by atoms with E-state index in [0.717, 1.165) is 40.3 Å². The molecule has 2 aromatic heterocycles. The van der Waals surface area contributed by atoms with Crippen LogP contribution in [0, 0.1) is 13.8 Å². The molecule has 0 spiro atoms. The van der Waals surface area contributed by atoms with Gasteiger partial charge in [-0.15, -0.1) is 11.3 Å². The second-order valence-corrected chi connectivity index (χ2v) is 11.9. The number of allylic oxidation sites excluding steroid dienone is 2. The van der Waals surface area contributed by atoms with Crippen molar-refractivity contribution in [3.05, 3.63) is 118 Å². The number of benzene rings is 3. The zero-order chi connectivity index (χ0) is 33.6. The molecule has 2 N–H and O–H groups in total. The van der Waals surface area contributed by atoms with Crippen molar-refractivity contribution < 1.29 is 32.2 Å². The molecule has 0 radical (unpaired) electrons. The smallest absolute Gasteiger partial charge is 0.416 e. The summed E-state index contributed by atoms with van der Waals surface area (Å²) in [7, 11) is 0. The highest BCUT2D eigenvalue weighted by atomic mass is 32.1. The molecule has 2 heterocycles. The van der Waals surface area contributed by atoms with E-state index in [1.165, 1.54) is 12.1 Å². The maximum absolute atomic E-state index is 13.5. The van der Waals surface area contributed by atoms with Gasteiger partial charge in [-0.3, -0.25) is 4.79 Å². The largest absolute Gasteiger partial charge is 0.513 e. The predicted octanol–water partition coefficient (Wildman–Crippen LogP) is 9.76. The number of aliphatic hydroxyl groups excluding tert-OH is 1. The quantitative estimate of drug-likeness (QED) is 0.129. The summed E-state index contributed by atoms with van der Waals surface area (Å²) in [5.74, 6) is 1.66. The summed E-state index contributed by atoms with van der Waals surface area (Å²) < 4.78 is 51.0. The Morgan fingerprint density at radius 2 is 1.74 bits per heavy atom. The van der Waals surface area contributed by atoms with E-state index in [4.69, 9.17) is 9.15 Å². The Hall–Kier alpha value is -4.90. The highest BCUT2D eigenvalue weighted by Gasteiger charge is 2.30. The fourth-order valence-electron chi connectivity index (χ4n) is 4.92. The minimum atomic E-state index is -4.44. The molecule has 0 fully saturated rings. The number of carbonyl (C=O) groups excluding carboxylic acids is 1. The molecule has 0 saturated carbocycles. The molecule has 0 aliphatic carbocycles. The normalized spacial score (nSPS) is 11.9. The van der Waals surface area contributed by atoms with Crippen LogP contribution >= 0.6 is 11.3 Å². The lowest BCUT2D eigenvalue weighted by Gasteiger charge is -2.14. The molecule has 3 aromatic carbocycles. The van der Waals surface area contributed by atoms with E-state index in [0.29, 0.717) is 76.5 Å². The Kier molecular flexibility index (Phi) is 10.5. The average molecular weight is 662 g/mol. The van der Waals surface area contributed by atoms with Gasteiger partial charge in [0, 0.05) is 35.7 Å². The Morgan fingerprint density at radius 1 is 1.00 bits per heavy atom. The molecule has 5 rings (SSSR count). The van der Waals surface area contributed by atoms with E-state index in [1.807, 2.05) is 56.3 Å². The van der Waals surface area contributed by atoms with Crippen LogP contribution < -0.4 is 10.1 Å². The molecule has 0 unspecified atom stereocenters. The van der Waals surface area contributed by atoms with Crippen LogP contribution in [0.15, 0.2) is 89.0 Å². The van der Waals surface area contributed by atoms with Gasteiger partial charge in [-0.25, -0.2) is 9.97 Å². The number of rotatable bonds is 12. The highest BCUT2D eigenvalue weighted by Crippen LogP contribution is 2.34. The first kappa shape index (κ1) is 33.5. The van der Waals surface area contributed by atoms with Gasteiger partial charge in [-0.1, -0.05) is 43.3 Å². The third kappa shape index (κ3) is 8.48. The van der Waals surface area contributed by atoms with Crippen LogP contribution in [0.2, 0.25) is 0 Å². The van der Waals surface area contributed by atoms with Crippen LogP contribution in [0.3, 0.4) is 0 Å². The summed E-state index contributed by atoms with van der Waals surface area (Å²) in [4.78, 5) is 22.9. The summed E-state index contributed by atoms with van der Waals surface area (Å²) in [5.41, 5.74) is 3.18. The number of halogens is 3. The van der Waals surface area contributed by atoms with Crippen molar-refractivity contribution in [1.29, 1.82) is 0 Å². The number of hydrogen-bond acceptors (Lipinski definition) is 7. The number of amides is 1. The van der Waals surface area contributed by atoms with Gasteiger partial charge >= 0.3 is 6.18 Å². The van der Waals surface area contributed by atoms with Gasteiger partial charge in [0.15, 0.2) is 0 Å². The number of nitrogens with zero attached hydrogens (tertiary/aromatic N) is 2. The van der Waals surface area contributed by atoms with E-state index in [-0.39, 0.29) is 5.76 Å².